The number of anilines is 2. The summed E-state index contributed by atoms with van der Waals surface area (Å²) in [5.41, 5.74) is -0.0826. The molecule has 2 N–H and O–H groups in total. The van der Waals surface area contributed by atoms with Crippen LogP contribution in [0.2, 0.25) is 15.1 Å². The fourth-order valence-corrected chi connectivity index (χ4v) is 3.52. The molecule has 34 heavy (non-hydrogen) atoms. The summed E-state index contributed by atoms with van der Waals surface area (Å²) in [6.07, 6.45) is 4.12. The van der Waals surface area contributed by atoms with Crippen LogP contribution < -0.4 is 5.32 Å². The second-order valence-electron chi connectivity index (χ2n) is 6.63. The van der Waals surface area contributed by atoms with Crippen molar-refractivity contribution < 1.29 is 23.4 Å². The van der Waals surface area contributed by atoms with Crippen molar-refractivity contribution in [3.8, 4) is 0 Å². The normalized spacial score (nSPS) is 11.9. The number of nitrogens with one attached hydrogen (secondary N) is 1. The van der Waals surface area contributed by atoms with Crippen LogP contribution in [0.3, 0.4) is 0 Å². The average Bonchev–Trinajstić information content (AvgIpc) is 2.78. The van der Waals surface area contributed by atoms with Gasteiger partial charge in [0.1, 0.15) is 17.1 Å². The summed E-state index contributed by atoms with van der Waals surface area (Å²) in [4.78, 5) is 20.6. The summed E-state index contributed by atoms with van der Waals surface area (Å²) in [7, 11) is 0. The lowest BCUT2D eigenvalue weighted by atomic mass is 10.1. The predicted molar refractivity (Wildman–Crippen MR) is 130 cm³/mol. The smallest absolute Gasteiger partial charge is 0.343 e. The number of aromatic nitrogens is 1. The van der Waals surface area contributed by atoms with E-state index in [-0.39, 0.29) is 44.2 Å². The summed E-state index contributed by atoms with van der Waals surface area (Å²) in [6.45, 7) is 1.64. The average molecular weight is 527 g/mol. The third kappa shape index (κ3) is 6.02. The summed E-state index contributed by atoms with van der Waals surface area (Å²) in [6, 6.07) is 7.39. The number of hydrogen-bond acceptors (Lipinski definition) is 6. The first-order chi connectivity index (χ1) is 16.2. The molecule has 1 heterocycles. The van der Waals surface area contributed by atoms with Crippen molar-refractivity contribution in [2.75, 3.05) is 11.9 Å². The van der Waals surface area contributed by atoms with Crippen LogP contribution in [0.5, 0.6) is 0 Å². The molecule has 0 amide bonds. The largest absolute Gasteiger partial charge is 0.506 e. The van der Waals surface area contributed by atoms with E-state index < -0.39 is 23.4 Å². The molecule has 0 aliphatic carbocycles. The molecule has 3 aromatic rings. The first-order valence-electron chi connectivity index (χ1n) is 9.66. The molecule has 0 saturated heterocycles. The number of halogens is 5. The number of rotatable bonds is 7. The van der Waals surface area contributed by atoms with Gasteiger partial charge in [0.15, 0.2) is 5.82 Å². The van der Waals surface area contributed by atoms with Crippen LogP contribution in [0.15, 0.2) is 59.4 Å². The quantitative estimate of drug-likeness (QED) is 0.146. The van der Waals surface area contributed by atoms with E-state index in [1.165, 1.54) is 18.3 Å². The molecule has 0 bridgehead atoms. The maximum atomic E-state index is 14.2. The Hall–Kier alpha value is -3.20. The maximum absolute atomic E-state index is 14.2. The zero-order chi connectivity index (χ0) is 24.8. The lowest BCUT2D eigenvalue weighted by molar-refractivity contribution is -0.137. The highest BCUT2D eigenvalue weighted by atomic mass is 35.5. The molecule has 0 unspecified atom stereocenters. The number of hydrogen-bond donors (Lipinski definition) is 2. The number of aliphatic imine (C=N–C) groups is 1. The van der Waals surface area contributed by atoms with Crippen molar-refractivity contribution in [1.29, 1.82) is 0 Å². The lowest BCUT2D eigenvalue weighted by Gasteiger charge is -2.15. The molecule has 0 aliphatic rings. The summed E-state index contributed by atoms with van der Waals surface area (Å²) >= 11 is 18.4. The molecular formula is C23H16Cl3F2N3O3. The van der Waals surface area contributed by atoms with Gasteiger partial charge < -0.3 is 15.2 Å². The molecule has 0 aliphatic heterocycles. The number of carbonyl (C=O) groups excluding carboxylic acids is 1. The Morgan fingerprint density at radius 2 is 1.94 bits per heavy atom. The van der Waals surface area contributed by atoms with Crippen LogP contribution in [-0.2, 0) is 9.53 Å². The van der Waals surface area contributed by atoms with Gasteiger partial charge >= 0.3 is 5.97 Å². The van der Waals surface area contributed by atoms with Crippen molar-refractivity contribution in [3.63, 3.8) is 0 Å². The zero-order valence-electron chi connectivity index (χ0n) is 17.5. The Labute approximate surface area is 208 Å². The summed E-state index contributed by atoms with van der Waals surface area (Å²) < 4.78 is 32.6. The van der Waals surface area contributed by atoms with E-state index in [0.717, 1.165) is 12.3 Å². The topological polar surface area (TPSA) is 83.8 Å². The van der Waals surface area contributed by atoms with E-state index >= 15 is 0 Å². The van der Waals surface area contributed by atoms with Gasteiger partial charge in [-0.15, -0.1) is 0 Å². The third-order valence-corrected chi connectivity index (χ3v) is 5.24. The minimum atomic E-state index is -0.965. The number of carbonyl (C=O) groups is 1. The Morgan fingerprint density at radius 3 is 2.59 bits per heavy atom. The fourth-order valence-electron chi connectivity index (χ4n) is 2.76. The Morgan fingerprint density at radius 1 is 1.18 bits per heavy atom. The van der Waals surface area contributed by atoms with Gasteiger partial charge in [0.05, 0.1) is 44.9 Å². The molecule has 2 aromatic carbocycles. The van der Waals surface area contributed by atoms with E-state index in [1.54, 1.807) is 25.3 Å². The van der Waals surface area contributed by atoms with Crippen molar-refractivity contribution >= 4 is 69.8 Å². The van der Waals surface area contributed by atoms with Gasteiger partial charge in [0.25, 0.3) is 0 Å². The first kappa shape index (κ1) is 25.4. The van der Waals surface area contributed by atoms with E-state index in [9.17, 15) is 18.7 Å². The van der Waals surface area contributed by atoms with Crippen LogP contribution in [-0.4, -0.2) is 28.9 Å². The maximum Gasteiger partial charge on any atom is 0.343 e. The molecule has 0 radical (unpaired) electrons. The molecule has 0 spiro atoms. The standard InChI is InChI=1S/C23H16Cl3F2N3O3/c1-2-34-23(33)15(11-30-13-4-3-5-29-10-13)22(32)14-8-20(17(25)9-16(14)24)31-21-18(26)6-12(27)7-19(21)28/h3-11,31-32H,2H2,1H3. The highest BCUT2D eigenvalue weighted by Crippen LogP contribution is 2.37. The number of nitrogens with zero attached hydrogens (tertiary/aromatic N) is 2. The number of pyridine rings is 1. The highest BCUT2D eigenvalue weighted by molar-refractivity contribution is 6.38. The van der Waals surface area contributed by atoms with Crippen LogP contribution in [0, 0.1) is 11.6 Å². The van der Waals surface area contributed by atoms with Gasteiger partial charge in [-0.3, -0.25) is 9.98 Å². The van der Waals surface area contributed by atoms with Crippen LogP contribution in [0.4, 0.5) is 25.8 Å². The number of benzene rings is 2. The SMILES string of the molecule is CCOC(=O)C(C=Nc1cccnc1)=C(O)c1cc(Nc2c(F)cc(F)cc2Cl)c(Cl)cc1Cl. The van der Waals surface area contributed by atoms with Gasteiger partial charge in [0.2, 0.25) is 0 Å². The molecule has 0 fully saturated rings. The molecular weight excluding hydrogens is 511 g/mol. The van der Waals surface area contributed by atoms with Crippen molar-refractivity contribution in [3.05, 3.63) is 86.6 Å². The fraction of sp³-hybridized carbons (Fsp3) is 0.0870. The Kier molecular flexibility index (Phi) is 8.44. The molecule has 11 heteroatoms. The van der Waals surface area contributed by atoms with Crippen LogP contribution >= 0.6 is 34.8 Å². The van der Waals surface area contributed by atoms with Gasteiger partial charge in [-0.25, -0.2) is 13.6 Å². The van der Waals surface area contributed by atoms with Crippen molar-refractivity contribution in [2.24, 2.45) is 4.99 Å². The lowest BCUT2D eigenvalue weighted by Crippen LogP contribution is -2.11. The molecule has 0 atom stereocenters. The molecule has 6 nitrogen and oxygen atoms in total. The van der Waals surface area contributed by atoms with E-state index in [2.05, 4.69) is 15.3 Å². The van der Waals surface area contributed by atoms with Crippen molar-refractivity contribution in [1.82, 2.24) is 4.98 Å². The Balaban J connectivity index is 2.09. The van der Waals surface area contributed by atoms with Gasteiger partial charge in [-0.05, 0) is 37.3 Å². The second-order valence-corrected chi connectivity index (χ2v) is 7.86. The molecule has 1 aromatic heterocycles. The first-order valence-corrected chi connectivity index (χ1v) is 10.8. The second kappa shape index (κ2) is 11.3. The zero-order valence-corrected chi connectivity index (χ0v) is 19.7. The van der Waals surface area contributed by atoms with Gasteiger partial charge in [0, 0.05) is 24.0 Å². The van der Waals surface area contributed by atoms with E-state index in [4.69, 9.17) is 39.5 Å². The summed E-state index contributed by atoms with van der Waals surface area (Å²) in [5, 5.41) is 13.4. The molecule has 0 saturated carbocycles. The minimum Gasteiger partial charge on any atom is -0.506 e. The van der Waals surface area contributed by atoms with E-state index in [1.807, 2.05) is 0 Å². The van der Waals surface area contributed by atoms with Crippen LogP contribution in [0.1, 0.15) is 12.5 Å². The molecule has 3 rings (SSSR count). The van der Waals surface area contributed by atoms with Crippen molar-refractivity contribution in [2.45, 2.75) is 6.92 Å². The number of aliphatic hydroxyl groups is 1. The van der Waals surface area contributed by atoms with Crippen LogP contribution in [0.25, 0.3) is 5.76 Å². The molecule has 176 valence electrons. The highest BCUT2D eigenvalue weighted by Gasteiger charge is 2.21. The number of aliphatic hydroxyl groups excluding tert-OH is 1. The number of esters is 1. The third-order valence-electron chi connectivity index (χ3n) is 4.32. The van der Waals surface area contributed by atoms with Gasteiger partial charge in [-0.1, -0.05) is 34.8 Å². The Bertz CT molecular complexity index is 1260. The van der Waals surface area contributed by atoms with Gasteiger partial charge in [-0.2, -0.15) is 0 Å². The number of ether oxygens (including phenoxy) is 1. The van der Waals surface area contributed by atoms with E-state index in [0.29, 0.717) is 11.8 Å². The summed E-state index contributed by atoms with van der Waals surface area (Å²) in [5.74, 6) is -3.25. The minimum absolute atomic E-state index is 0.0182. The monoisotopic (exact) mass is 525 g/mol. The predicted octanol–water partition coefficient (Wildman–Crippen LogP) is 7.30.